The van der Waals surface area contributed by atoms with Crippen molar-refractivity contribution in [2.45, 2.75) is 38.7 Å². The van der Waals surface area contributed by atoms with Crippen molar-refractivity contribution >= 4 is 22.4 Å². The summed E-state index contributed by atoms with van der Waals surface area (Å²) in [5.41, 5.74) is 3.79. The van der Waals surface area contributed by atoms with Gasteiger partial charge in [-0.25, -0.2) is 4.98 Å². The minimum atomic E-state index is -0.122. The Morgan fingerprint density at radius 1 is 1.33 bits per heavy atom. The van der Waals surface area contributed by atoms with Crippen LogP contribution < -0.4 is 10.1 Å². The molecule has 1 aromatic carbocycles. The van der Waals surface area contributed by atoms with Gasteiger partial charge in [-0.3, -0.25) is 9.78 Å². The molecular weight excluding hydrogens is 358 g/mol. The van der Waals surface area contributed by atoms with Crippen molar-refractivity contribution in [1.82, 2.24) is 9.97 Å². The normalized spacial score (nSPS) is 14.9. The maximum absolute atomic E-state index is 12.4. The Morgan fingerprint density at radius 3 is 3.04 bits per heavy atom. The summed E-state index contributed by atoms with van der Waals surface area (Å²) >= 11 is 1.42. The van der Waals surface area contributed by atoms with E-state index in [1.807, 2.05) is 29.6 Å². The maximum Gasteiger partial charge on any atom is 0.230 e. The standard InChI is InChI=1S/C21H21N3O2S/c1-21(2)8-7-15-10-14(5-6-18(15)26-21)11-19(25)24-20-23-17(13-27-20)16-4-3-9-22-12-16/h3-6,9-10,12-13H,7-8,11H2,1-2H3,(H,23,24,25). The van der Waals surface area contributed by atoms with E-state index in [1.165, 1.54) is 16.9 Å². The molecule has 0 saturated carbocycles. The fourth-order valence-electron chi connectivity index (χ4n) is 3.15. The number of hydrogen-bond donors (Lipinski definition) is 1. The van der Waals surface area contributed by atoms with Gasteiger partial charge in [-0.15, -0.1) is 11.3 Å². The highest BCUT2D eigenvalue weighted by molar-refractivity contribution is 7.14. The molecule has 1 amide bonds. The molecule has 0 radical (unpaired) electrons. The molecule has 0 bridgehead atoms. The highest BCUT2D eigenvalue weighted by Crippen LogP contribution is 2.33. The molecule has 1 N–H and O–H groups in total. The molecule has 0 fully saturated rings. The number of pyridine rings is 1. The van der Waals surface area contributed by atoms with Gasteiger partial charge in [0.1, 0.15) is 11.4 Å². The van der Waals surface area contributed by atoms with Gasteiger partial charge in [-0.2, -0.15) is 0 Å². The zero-order valence-corrected chi connectivity index (χ0v) is 16.2. The Bertz CT molecular complexity index is 967. The predicted molar refractivity (Wildman–Crippen MR) is 107 cm³/mol. The van der Waals surface area contributed by atoms with Crippen molar-refractivity contribution in [3.63, 3.8) is 0 Å². The predicted octanol–water partition coefficient (Wildman–Crippen LogP) is 4.49. The SMILES string of the molecule is CC1(C)CCc2cc(CC(=O)Nc3nc(-c4cccnc4)cs3)ccc2O1. The van der Waals surface area contributed by atoms with Crippen LogP contribution in [0.5, 0.6) is 5.75 Å². The van der Waals surface area contributed by atoms with Crippen molar-refractivity contribution in [1.29, 1.82) is 0 Å². The van der Waals surface area contributed by atoms with Crippen LogP contribution in [-0.2, 0) is 17.6 Å². The van der Waals surface area contributed by atoms with Gasteiger partial charge in [-0.05, 0) is 56.0 Å². The number of nitrogens with one attached hydrogen (secondary N) is 1. The number of carbonyl (C=O) groups excluding carboxylic acids is 1. The van der Waals surface area contributed by atoms with E-state index >= 15 is 0 Å². The van der Waals surface area contributed by atoms with E-state index in [-0.39, 0.29) is 11.5 Å². The molecule has 3 aromatic rings. The Labute approximate surface area is 162 Å². The average Bonchev–Trinajstić information content (AvgIpc) is 3.10. The monoisotopic (exact) mass is 379 g/mol. The molecule has 4 rings (SSSR count). The summed E-state index contributed by atoms with van der Waals surface area (Å²) in [7, 11) is 0. The summed E-state index contributed by atoms with van der Waals surface area (Å²) in [6.07, 6.45) is 5.75. The van der Waals surface area contributed by atoms with E-state index < -0.39 is 0 Å². The van der Waals surface area contributed by atoms with E-state index in [2.05, 4.69) is 35.2 Å². The van der Waals surface area contributed by atoms with Crippen molar-refractivity contribution in [2.75, 3.05) is 5.32 Å². The van der Waals surface area contributed by atoms with Crippen molar-refractivity contribution in [3.8, 4) is 17.0 Å². The lowest BCUT2D eigenvalue weighted by molar-refractivity contribution is -0.115. The Hall–Kier alpha value is -2.73. The van der Waals surface area contributed by atoms with Gasteiger partial charge in [-0.1, -0.05) is 12.1 Å². The minimum Gasteiger partial charge on any atom is -0.488 e. The molecule has 0 unspecified atom stereocenters. The summed E-state index contributed by atoms with van der Waals surface area (Å²) in [5.74, 6) is 0.857. The first-order chi connectivity index (χ1) is 13.0. The first-order valence-electron chi connectivity index (χ1n) is 8.95. The zero-order valence-electron chi connectivity index (χ0n) is 15.4. The van der Waals surface area contributed by atoms with E-state index in [1.54, 1.807) is 12.4 Å². The van der Waals surface area contributed by atoms with Crippen molar-refractivity contribution < 1.29 is 9.53 Å². The van der Waals surface area contributed by atoms with Crippen LogP contribution in [-0.4, -0.2) is 21.5 Å². The molecular formula is C21H21N3O2S. The lowest BCUT2D eigenvalue weighted by Crippen LogP contribution is -2.32. The van der Waals surface area contributed by atoms with Crippen LogP contribution >= 0.6 is 11.3 Å². The van der Waals surface area contributed by atoms with Gasteiger partial charge < -0.3 is 10.1 Å². The van der Waals surface area contributed by atoms with E-state index in [4.69, 9.17) is 4.74 Å². The second kappa shape index (κ2) is 7.12. The number of aryl methyl sites for hydroxylation is 1. The lowest BCUT2D eigenvalue weighted by Gasteiger charge is -2.32. The summed E-state index contributed by atoms with van der Waals surface area (Å²) in [4.78, 5) is 21.0. The molecule has 0 saturated heterocycles. The number of fused-ring (bicyclic) bond motifs is 1. The number of benzene rings is 1. The molecule has 6 heteroatoms. The number of amides is 1. The number of hydrogen-bond acceptors (Lipinski definition) is 5. The molecule has 27 heavy (non-hydrogen) atoms. The fraction of sp³-hybridized carbons (Fsp3) is 0.286. The van der Waals surface area contributed by atoms with Crippen LogP contribution in [0.25, 0.3) is 11.3 Å². The number of nitrogens with zero attached hydrogens (tertiary/aromatic N) is 2. The van der Waals surface area contributed by atoms with Crippen molar-refractivity contribution in [2.24, 2.45) is 0 Å². The third kappa shape index (κ3) is 4.17. The van der Waals surface area contributed by atoms with Gasteiger partial charge in [0.05, 0.1) is 12.1 Å². The third-order valence-corrected chi connectivity index (χ3v) is 5.34. The third-order valence-electron chi connectivity index (χ3n) is 4.58. The van der Waals surface area contributed by atoms with E-state index in [0.717, 1.165) is 35.4 Å². The van der Waals surface area contributed by atoms with E-state index in [9.17, 15) is 4.79 Å². The molecule has 0 atom stereocenters. The Kier molecular flexibility index (Phi) is 4.66. The van der Waals surface area contributed by atoms with Crippen LogP contribution in [0.15, 0.2) is 48.1 Å². The molecule has 1 aliphatic rings. The lowest BCUT2D eigenvalue weighted by atomic mass is 9.93. The van der Waals surface area contributed by atoms with Crippen molar-refractivity contribution in [3.05, 3.63) is 59.2 Å². The number of thiazole rings is 1. The minimum absolute atomic E-state index is 0.0703. The summed E-state index contributed by atoms with van der Waals surface area (Å²) in [5, 5.41) is 5.41. The van der Waals surface area contributed by atoms with Gasteiger partial charge in [0.2, 0.25) is 5.91 Å². The molecule has 3 heterocycles. The van der Waals surface area contributed by atoms with Crippen LogP contribution in [0.2, 0.25) is 0 Å². The van der Waals surface area contributed by atoms with Gasteiger partial charge in [0, 0.05) is 23.3 Å². The zero-order chi connectivity index (χ0) is 18.9. The average molecular weight is 379 g/mol. The van der Waals surface area contributed by atoms with Crippen LogP contribution in [0.4, 0.5) is 5.13 Å². The second-order valence-electron chi connectivity index (χ2n) is 7.31. The molecule has 0 aliphatic carbocycles. The largest absolute Gasteiger partial charge is 0.488 e. The number of ether oxygens (including phenoxy) is 1. The fourth-order valence-corrected chi connectivity index (χ4v) is 3.88. The number of anilines is 1. The molecule has 2 aromatic heterocycles. The first-order valence-corrected chi connectivity index (χ1v) is 9.83. The van der Waals surface area contributed by atoms with Crippen LogP contribution in [0, 0.1) is 0 Å². The molecule has 0 spiro atoms. The number of aromatic nitrogens is 2. The Balaban J connectivity index is 1.41. The van der Waals surface area contributed by atoms with Crippen LogP contribution in [0.1, 0.15) is 31.4 Å². The molecule has 1 aliphatic heterocycles. The highest BCUT2D eigenvalue weighted by atomic mass is 32.1. The molecule has 138 valence electrons. The topological polar surface area (TPSA) is 64.1 Å². The quantitative estimate of drug-likeness (QED) is 0.725. The van der Waals surface area contributed by atoms with Gasteiger partial charge in [0.25, 0.3) is 0 Å². The highest BCUT2D eigenvalue weighted by Gasteiger charge is 2.26. The van der Waals surface area contributed by atoms with E-state index in [0.29, 0.717) is 11.6 Å². The van der Waals surface area contributed by atoms with Gasteiger partial charge in [0.15, 0.2) is 5.13 Å². The molecule has 5 nitrogen and oxygen atoms in total. The summed E-state index contributed by atoms with van der Waals surface area (Å²) < 4.78 is 6.01. The van der Waals surface area contributed by atoms with Crippen LogP contribution in [0.3, 0.4) is 0 Å². The smallest absolute Gasteiger partial charge is 0.230 e. The second-order valence-corrected chi connectivity index (χ2v) is 8.17. The maximum atomic E-state index is 12.4. The number of carbonyl (C=O) groups is 1. The summed E-state index contributed by atoms with van der Waals surface area (Å²) in [6.45, 7) is 4.20. The number of rotatable bonds is 4. The first kappa shape index (κ1) is 17.7. The Morgan fingerprint density at radius 2 is 2.22 bits per heavy atom. The summed E-state index contributed by atoms with van der Waals surface area (Å²) in [6, 6.07) is 9.83. The van der Waals surface area contributed by atoms with Gasteiger partial charge >= 0.3 is 0 Å².